The highest BCUT2D eigenvalue weighted by molar-refractivity contribution is 6.30. The summed E-state index contributed by atoms with van der Waals surface area (Å²) in [6.07, 6.45) is -1.87. The lowest BCUT2D eigenvalue weighted by atomic mass is 10.2. The molecule has 0 atom stereocenters. The van der Waals surface area contributed by atoms with Crippen LogP contribution in [0.3, 0.4) is 0 Å². The van der Waals surface area contributed by atoms with Crippen LogP contribution in [0.25, 0.3) is 0 Å². The first-order valence-electron chi connectivity index (χ1n) is 6.79. The fraction of sp³-hybridized carbons (Fsp3) is 0.214. The molecule has 2 rings (SSSR count). The van der Waals surface area contributed by atoms with Crippen LogP contribution in [0, 0.1) is 0 Å². The summed E-state index contributed by atoms with van der Waals surface area (Å²) in [5.74, 6) is 0.0144. The number of pyridine rings is 2. The quantitative estimate of drug-likeness (QED) is 0.715. The summed E-state index contributed by atoms with van der Waals surface area (Å²) in [5, 5.41) is 7.91. The number of urea groups is 1. The van der Waals surface area contributed by atoms with Crippen LogP contribution < -0.4 is 16.0 Å². The number of amides is 2. The number of hydrogen-bond acceptors (Lipinski definition) is 4. The lowest BCUT2D eigenvalue weighted by Gasteiger charge is -2.13. The average Bonchev–Trinajstić information content (AvgIpc) is 2.53. The van der Waals surface area contributed by atoms with Crippen molar-refractivity contribution in [3.63, 3.8) is 0 Å². The molecule has 128 valence electrons. The van der Waals surface area contributed by atoms with Gasteiger partial charge in [0.05, 0.1) is 10.6 Å². The standard InChI is InChI=1S/C14H13ClF3N5O/c15-9-3-4-11(22-8-9)23-13(24)21-7-6-20-12-10(14(16,17)18)2-1-5-19-12/h1-5,8H,6-7H2,(H,19,20)(H2,21,22,23,24). The first-order chi connectivity index (χ1) is 11.4. The van der Waals surface area contributed by atoms with Crippen molar-refractivity contribution in [2.75, 3.05) is 23.7 Å². The Bertz CT molecular complexity index is 694. The van der Waals surface area contributed by atoms with Crippen molar-refractivity contribution in [1.29, 1.82) is 0 Å². The second kappa shape index (κ2) is 7.82. The Kier molecular flexibility index (Phi) is 5.80. The monoisotopic (exact) mass is 359 g/mol. The number of nitrogens with zero attached hydrogens (tertiary/aromatic N) is 2. The van der Waals surface area contributed by atoms with Crippen LogP contribution in [0.2, 0.25) is 5.02 Å². The van der Waals surface area contributed by atoms with Gasteiger partial charge in [-0.2, -0.15) is 13.2 Å². The van der Waals surface area contributed by atoms with Crippen LogP contribution in [0.5, 0.6) is 0 Å². The zero-order valence-electron chi connectivity index (χ0n) is 12.2. The zero-order valence-corrected chi connectivity index (χ0v) is 12.9. The van der Waals surface area contributed by atoms with Crippen LogP contribution >= 0.6 is 11.6 Å². The van der Waals surface area contributed by atoms with E-state index in [-0.39, 0.29) is 18.9 Å². The third-order valence-corrected chi connectivity index (χ3v) is 3.01. The summed E-state index contributed by atoms with van der Waals surface area (Å²) in [5.41, 5.74) is -0.861. The first kappa shape index (κ1) is 17.8. The van der Waals surface area contributed by atoms with Gasteiger partial charge in [-0.1, -0.05) is 11.6 Å². The third-order valence-electron chi connectivity index (χ3n) is 2.79. The number of carbonyl (C=O) groups is 1. The molecule has 0 aliphatic heterocycles. The minimum Gasteiger partial charge on any atom is -0.368 e. The number of alkyl halides is 3. The van der Waals surface area contributed by atoms with Gasteiger partial charge in [-0.3, -0.25) is 5.32 Å². The maximum absolute atomic E-state index is 12.8. The molecule has 0 saturated carbocycles. The van der Waals surface area contributed by atoms with E-state index in [4.69, 9.17) is 11.6 Å². The lowest BCUT2D eigenvalue weighted by Crippen LogP contribution is -2.33. The summed E-state index contributed by atoms with van der Waals surface area (Å²) < 4.78 is 38.3. The second-order valence-corrected chi connectivity index (χ2v) is 5.00. The van der Waals surface area contributed by atoms with Crippen LogP contribution in [0.15, 0.2) is 36.7 Å². The number of rotatable bonds is 5. The van der Waals surface area contributed by atoms with Crippen LogP contribution in [-0.4, -0.2) is 29.1 Å². The van der Waals surface area contributed by atoms with Crippen molar-refractivity contribution in [2.45, 2.75) is 6.18 Å². The molecular formula is C14H13ClF3N5O. The van der Waals surface area contributed by atoms with E-state index >= 15 is 0 Å². The van der Waals surface area contributed by atoms with Gasteiger partial charge in [0, 0.05) is 25.5 Å². The van der Waals surface area contributed by atoms with Crippen molar-refractivity contribution in [2.24, 2.45) is 0 Å². The van der Waals surface area contributed by atoms with Gasteiger partial charge >= 0.3 is 12.2 Å². The number of nitrogens with one attached hydrogen (secondary N) is 3. The normalized spacial score (nSPS) is 11.0. The van der Waals surface area contributed by atoms with E-state index < -0.39 is 17.8 Å². The maximum Gasteiger partial charge on any atom is 0.419 e. The highest BCUT2D eigenvalue weighted by Crippen LogP contribution is 2.33. The number of hydrogen-bond donors (Lipinski definition) is 3. The molecular weight excluding hydrogens is 347 g/mol. The smallest absolute Gasteiger partial charge is 0.368 e. The molecule has 2 aromatic rings. The van der Waals surface area contributed by atoms with Gasteiger partial charge in [-0.05, 0) is 24.3 Å². The Morgan fingerprint density at radius 1 is 1.17 bits per heavy atom. The molecule has 0 unspecified atom stereocenters. The van der Waals surface area contributed by atoms with Gasteiger partial charge < -0.3 is 10.6 Å². The molecule has 0 spiro atoms. The third kappa shape index (κ3) is 5.27. The summed E-state index contributed by atoms with van der Waals surface area (Å²) in [6.45, 7) is 0.162. The number of aromatic nitrogens is 2. The predicted molar refractivity (Wildman–Crippen MR) is 84.0 cm³/mol. The number of halogens is 4. The van der Waals surface area contributed by atoms with E-state index in [0.29, 0.717) is 10.8 Å². The van der Waals surface area contributed by atoms with Crippen LogP contribution in [0.1, 0.15) is 5.56 Å². The second-order valence-electron chi connectivity index (χ2n) is 4.57. The molecule has 0 saturated heterocycles. The van der Waals surface area contributed by atoms with Gasteiger partial charge in [-0.25, -0.2) is 14.8 Å². The molecule has 0 aliphatic rings. The Morgan fingerprint density at radius 3 is 2.62 bits per heavy atom. The highest BCUT2D eigenvalue weighted by Gasteiger charge is 2.33. The fourth-order valence-corrected chi connectivity index (χ4v) is 1.85. The van der Waals surface area contributed by atoms with E-state index in [0.717, 1.165) is 6.07 Å². The molecule has 24 heavy (non-hydrogen) atoms. The van der Waals surface area contributed by atoms with Gasteiger partial charge in [0.25, 0.3) is 0 Å². The van der Waals surface area contributed by atoms with Crippen molar-refractivity contribution in [3.8, 4) is 0 Å². The summed E-state index contributed by atoms with van der Waals surface area (Å²) in [7, 11) is 0. The molecule has 0 fully saturated rings. The Hall–Kier alpha value is -2.55. The van der Waals surface area contributed by atoms with E-state index in [1.165, 1.54) is 24.5 Å². The Labute approximate surface area is 140 Å². The Balaban J connectivity index is 1.79. The van der Waals surface area contributed by atoms with Crippen molar-refractivity contribution < 1.29 is 18.0 Å². The molecule has 2 heterocycles. The molecule has 2 amide bonds. The number of carbonyl (C=O) groups excluding carboxylic acids is 1. The molecule has 2 aromatic heterocycles. The summed E-state index contributed by atoms with van der Waals surface area (Å²) >= 11 is 5.67. The Morgan fingerprint density at radius 2 is 1.96 bits per heavy atom. The lowest BCUT2D eigenvalue weighted by molar-refractivity contribution is -0.137. The first-order valence-corrected chi connectivity index (χ1v) is 7.16. The van der Waals surface area contributed by atoms with Gasteiger partial charge in [0.2, 0.25) is 0 Å². The minimum absolute atomic E-state index is 0.0710. The van der Waals surface area contributed by atoms with Gasteiger partial charge in [0.1, 0.15) is 11.6 Å². The zero-order chi connectivity index (χ0) is 17.6. The van der Waals surface area contributed by atoms with Gasteiger partial charge in [0.15, 0.2) is 0 Å². The molecule has 10 heteroatoms. The van der Waals surface area contributed by atoms with E-state index in [2.05, 4.69) is 25.9 Å². The topological polar surface area (TPSA) is 78.9 Å². The molecule has 6 nitrogen and oxygen atoms in total. The van der Waals surface area contributed by atoms with Gasteiger partial charge in [-0.15, -0.1) is 0 Å². The molecule has 0 bridgehead atoms. The van der Waals surface area contributed by atoms with E-state index in [9.17, 15) is 18.0 Å². The largest absolute Gasteiger partial charge is 0.419 e. The maximum atomic E-state index is 12.8. The summed E-state index contributed by atoms with van der Waals surface area (Å²) in [4.78, 5) is 19.2. The SMILES string of the molecule is O=C(NCCNc1ncccc1C(F)(F)F)Nc1ccc(Cl)cn1. The molecule has 0 radical (unpaired) electrons. The van der Waals surface area contributed by atoms with Crippen LogP contribution in [0.4, 0.5) is 29.6 Å². The molecule has 0 aliphatic carbocycles. The minimum atomic E-state index is -4.50. The van der Waals surface area contributed by atoms with E-state index in [1.54, 1.807) is 6.07 Å². The highest BCUT2D eigenvalue weighted by atomic mass is 35.5. The van der Waals surface area contributed by atoms with Crippen molar-refractivity contribution in [1.82, 2.24) is 15.3 Å². The van der Waals surface area contributed by atoms with E-state index in [1.807, 2.05) is 0 Å². The summed E-state index contributed by atoms with van der Waals surface area (Å²) in [6, 6.07) is 4.68. The van der Waals surface area contributed by atoms with Crippen LogP contribution in [-0.2, 0) is 6.18 Å². The average molecular weight is 360 g/mol. The predicted octanol–water partition coefficient (Wildman–Crippen LogP) is 3.38. The fourth-order valence-electron chi connectivity index (χ4n) is 1.74. The number of anilines is 2. The molecule has 3 N–H and O–H groups in total. The van der Waals surface area contributed by atoms with Crippen molar-refractivity contribution >= 4 is 29.3 Å². The van der Waals surface area contributed by atoms with Crippen molar-refractivity contribution in [3.05, 3.63) is 47.2 Å². The molecule has 0 aromatic carbocycles.